The summed E-state index contributed by atoms with van der Waals surface area (Å²) in [4.78, 5) is 42.7. The second kappa shape index (κ2) is 10.4. The maximum atomic E-state index is 13.3. The lowest BCUT2D eigenvalue weighted by molar-refractivity contribution is -0.120. The van der Waals surface area contributed by atoms with Crippen molar-refractivity contribution in [2.45, 2.75) is 44.3 Å². The summed E-state index contributed by atoms with van der Waals surface area (Å²) >= 11 is 1.20. The molecule has 0 bridgehead atoms. The van der Waals surface area contributed by atoms with E-state index < -0.39 is 11.2 Å². The number of benzene rings is 2. The zero-order chi connectivity index (χ0) is 25.1. The molecule has 0 aliphatic carbocycles. The summed E-state index contributed by atoms with van der Waals surface area (Å²) in [5, 5.41) is 3.23. The number of nitrogens with one attached hydrogen (secondary N) is 1. The molecule has 1 aromatic heterocycles. The summed E-state index contributed by atoms with van der Waals surface area (Å²) in [6.45, 7) is 6.75. The number of carbonyl (C=O) groups is 2. The number of amides is 1. The Hall–Kier alpha value is -3.53. The minimum Gasteiger partial charge on any atom is -0.465 e. The summed E-state index contributed by atoms with van der Waals surface area (Å²) in [5.41, 5.74) is 1.36. The van der Waals surface area contributed by atoms with Gasteiger partial charge in [0.2, 0.25) is 12.7 Å². The van der Waals surface area contributed by atoms with Gasteiger partial charge < -0.3 is 19.5 Å². The van der Waals surface area contributed by atoms with Gasteiger partial charge in [0.25, 0.3) is 5.56 Å². The number of nitrogens with zero attached hydrogens (tertiary/aromatic N) is 2. The Kier molecular flexibility index (Phi) is 7.30. The van der Waals surface area contributed by atoms with E-state index in [0.29, 0.717) is 46.2 Å². The van der Waals surface area contributed by atoms with Gasteiger partial charge >= 0.3 is 5.97 Å². The monoisotopic (exact) mass is 497 g/mol. The minimum absolute atomic E-state index is 0.191. The molecule has 1 unspecified atom stereocenters. The van der Waals surface area contributed by atoms with Crippen molar-refractivity contribution < 1.29 is 23.8 Å². The van der Waals surface area contributed by atoms with Crippen LogP contribution in [-0.4, -0.2) is 40.6 Å². The highest BCUT2D eigenvalue weighted by atomic mass is 32.2. The highest BCUT2D eigenvalue weighted by molar-refractivity contribution is 8.00. The summed E-state index contributed by atoms with van der Waals surface area (Å²) in [6.07, 6.45) is 0. The molecule has 0 saturated heterocycles. The smallest absolute Gasteiger partial charge is 0.337 e. The van der Waals surface area contributed by atoms with Gasteiger partial charge in [-0.1, -0.05) is 31.7 Å². The molecule has 0 radical (unpaired) electrons. The SMILES string of the molecule is COC(=O)c1ccc2c(=O)n(CC(C)C)c(SC(C)C(=O)NCc3ccc4c(c3)OCO4)nc2c1. The molecule has 1 N–H and O–H groups in total. The van der Waals surface area contributed by atoms with Gasteiger partial charge in [-0.25, -0.2) is 9.78 Å². The molecule has 184 valence electrons. The van der Waals surface area contributed by atoms with Crippen molar-refractivity contribution in [3.05, 3.63) is 57.9 Å². The first-order chi connectivity index (χ1) is 16.8. The number of methoxy groups -OCH3 is 1. The van der Waals surface area contributed by atoms with Crippen LogP contribution < -0.4 is 20.3 Å². The zero-order valence-corrected chi connectivity index (χ0v) is 20.8. The van der Waals surface area contributed by atoms with Crippen molar-refractivity contribution >= 4 is 34.5 Å². The highest BCUT2D eigenvalue weighted by Crippen LogP contribution is 2.32. The fourth-order valence-electron chi connectivity index (χ4n) is 3.66. The van der Waals surface area contributed by atoms with Gasteiger partial charge in [0.05, 0.1) is 28.8 Å². The predicted molar refractivity (Wildman–Crippen MR) is 132 cm³/mol. The van der Waals surface area contributed by atoms with E-state index in [0.717, 1.165) is 5.56 Å². The molecule has 10 heteroatoms. The number of hydrogen-bond acceptors (Lipinski definition) is 8. The van der Waals surface area contributed by atoms with Crippen LogP contribution in [0.25, 0.3) is 10.9 Å². The van der Waals surface area contributed by atoms with Crippen LogP contribution in [0.4, 0.5) is 0 Å². The molecule has 3 aromatic rings. The molecule has 1 atom stereocenters. The molecule has 1 aliphatic rings. The number of fused-ring (bicyclic) bond motifs is 2. The Morgan fingerprint density at radius 1 is 1.14 bits per heavy atom. The summed E-state index contributed by atoms with van der Waals surface area (Å²) in [7, 11) is 1.30. The van der Waals surface area contributed by atoms with Crippen molar-refractivity contribution in [3.8, 4) is 11.5 Å². The Labute approximate surface area is 206 Å². The van der Waals surface area contributed by atoms with Crippen molar-refractivity contribution in [2.24, 2.45) is 5.92 Å². The third-order valence-electron chi connectivity index (χ3n) is 5.44. The summed E-state index contributed by atoms with van der Waals surface area (Å²) in [6, 6.07) is 10.2. The molecule has 2 heterocycles. The van der Waals surface area contributed by atoms with E-state index in [2.05, 4.69) is 10.3 Å². The number of aromatic nitrogens is 2. The van der Waals surface area contributed by atoms with E-state index in [4.69, 9.17) is 14.2 Å². The van der Waals surface area contributed by atoms with Crippen molar-refractivity contribution in [2.75, 3.05) is 13.9 Å². The number of carbonyl (C=O) groups excluding carboxylic acids is 2. The van der Waals surface area contributed by atoms with Gasteiger partial charge in [-0.2, -0.15) is 0 Å². The molecule has 4 rings (SSSR count). The molecule has 2 aromatic carbocycles. The fourth-order valence-corrected chi connectivity index (χ4v) is 4.60. The van der Waals surface area contributed by atoms with E-state index >= 15 is 0 Å². The third kappa shape index (κ3) is 5.43. The molecule has 0 fully saturated rings. The second-order valence-corrected chi connectivity index (χ2v) is 9.90. The van der Waals surface area contributed by atoms with E-state index in [1.54, 1.807) is 23.6 Å². The van der Waals surface area contributed by atoms with E-state index in [1.165, 1.54) is 24.9 Å². The zero-order valence-electron chi connectivity index (χ0n) is 20.0. The molecule has 0 saturated carbocycles. The molecular weight excluding hydrogens is 470 g/mol. The quantitative estimate of drug-likeness (QED) is 0.287. The van der Waals surface area contributed by atoms with Crippen LogP contribution in [0.3, 0.4) is 0 Å². The average molecular weight is 498 g/mol. The topological polar surface area (TPSA) is 109 Å². The summed E-state index contributed by atoms with van der Waals surface area (Å²) < 4.78 is 17.1. The van der Waals surface area contributed by atoms with Crippen LogP contribution in [0, 0.1) is 5.92 Å². The van der Waals surface area contributed by atoms with Crippen molar-refractivity contribution in [1.82, 2.24) is 14.9 Å². The average Bonchev–Trinajstić information content (AvgIpc) is 3.31. The van der Waals surface area contributed by atoms with Crippen LogP contribution in [0.1, 0.15) is 36.7 Å². The predicted octanol–water partition coefficient (Wildman–Crippen LogP) is 3.36. The lowest BCUT2D eigenvalue weighted by atomic mass is 10.1. The third-order valence-corrected chi connectivity index (χ3v) is 6.53. The first-order valence-corrected chi connectivity index (χ1v) is 12.1. The minimum atomic E-state index is -0.518. The molecule has 1 aliphatic heterocycles. The first kappa shape index (κ1) is 24.6. The Balaban J connectivity index is 1.56. The lowest BCUT2D eigenvalue weighted by Gasteiger charge is -2.18. The normalized spacial score (nSPS) is 13.2. The van der Waals surface area contributed by atoms with Crippen LogP contribution in [0.5, 0.6) is 11.5 Å². The highest BCUT2D eigenvalue weighted by Gasteiger charge is 2.21. The van der Waals surface area contributed by atoms with Gasteiger partial charge in [0, 0.05) is 13.1 Å². The first-order valence-electron chi connectivity index (χ1n) is 11.2. The van der Waals surface area contributed by atoms with Gasteiger partial charge in [-0.05, 0) is 48.7 Å². The van der Waals surface area contributed by atoms with Crippen LogP contribution in [-0.2, 0) is 22.6 Å². The largest absolute Gasteiger partial charge is 0.465 e. The van der Waals surface area contributed by atoms with Gasteiger partial charge in [0.15, 0.2) is 16.7 Å². The number of thioether (sulfide) groups is 1. The van der Waals surface area contributed by atoms with E-state index in [9.17, 15) is 14.4 Å². The number of hydrogen-bond donors (Lipinski definition) is 1. The fraction of sp³-hybridized carbons (Fsp3) is 0.360. The standard InChI is InChI=1S/C25H27N3O6S/c1-14(2)12-28-23(30)18-7-6-17(24(31)32-4)10-19(18)27-25(28)35-15(3)22(29)26-11-16-5-8-20-21(9-16)34-13-33-20/h5-10,14-15H,11-13H2,1-4H3,(H,26,29). The van der Waals surface area contributed by atoms with E-state index in [1.807, 2.05) is 32.0 Å². The molecular formula is C25H27N3O6S. The maximum Gasteiger partial charge on any atom is 0.337 e. The number of ether oxygens (including phenoxy) is 3. The lowest BCUT2D eigenvalue weighted by Crippen LogP contribution is -2.32. The van der Waals surface area contributed by atoms with Gasteiger partial charge in [-0.15, -0.1) is 0 Å². The van der Waals surface area contributed by atoms with Crippen LogP contribution in [0.15, 0.2) is 46.3 Å². The van der Waals surface area contributed by atoms with Gasteiger partial charge in [0.1, 0.15) is 0 Å². The van der Waals surface area contributed by atoms with Crippen LogP contribution >= 0.6 is 11.8 Å². The number of rotatable bonds is 8. The van der Waals surface area contributed by atoms with Crippen molar-refractivity contribution in [1.29, 1.82) is 0 Å². The van der Waals surface area contributed by atoms with Gasteiger partial charge in [-0.3, -0.25) is 14.2 Å². The number of esters is 1. The molecule has 1 amide bonds. The van der Waals surface area contributed by atoms with E-state index in [-0.39, 0.29) is 24.2 Å². The Morgan fingerprint density at radius 3 is 2.66 bits per heavy atom. The molecule has 0 spiro atoms. The van der Waals surface area contributed by atoms with Crippen molar-refractivity contribution in [3.63, 3.8) is 0 Å². The molecule has 35 heavy (non-hydrogen) atoms. The second-order valence-electron chi connectivity index (χ2n) is 8.59. The molecule has 9 nitrogen and oxygen atoms in total. The Morgan fingerprint density at radius 2 is 1.91 bits per heavy atom. The Bertz CT molecular complexity index is 1340. The maximum absolute atomic E-state index is 13.3. The summed E-state index contributed by atoms with van der Waals surface area (Å²) in [5.74, 6) is 0.830. The van der Waals surface area contributed by atoms with Crippen LogP contribution in [0.2, 0.25) is 0 Å².